The first-order valence-corrected chi connectivity index (χ1v) is 7.71. The molecule has 0 saturated carbocycles. The van der Waals surface area contributed by atoms with Crippen LogP contribution in [0.4, 0.5) is 4.39 Å². The normalized spacial score (nSPS) is 18.0. The predicted octanol–water partition coefficient (Wildman–Crippen LogP) is 3.05. The van der Waals surface area contributed by atoms with Gasteiger partial charge in [-0.1, -0.05) is 0 Å². The van der Waals surface area contributed by atoms with Gasteiger partial charge in [-0.15, -0.1) is 0 Å². The van der Waals surface area contributed by atoms with E-state index < -0.39 is 0 Å². The Hall–Kier alpha value is -2.37. The second kappa shape index (κ2) is 6.81. The molecule has 0 unspecified atom stereocenters. The van der Waals surface area contributed by atoms with Crippen molar-refractivity contribution < 1.29 is 18.3 Å². The Bertz CT molecular complexity index is 669. The third kappa shape index (κ3) is 3.70. The van der Waals surface area contributed by atoms with Crippen LogP contribution in [0.1, 0.15) is 29.1 Å². The van der Waals surface area contributed by atoms with Crippen molar-refractivity contribution in [1.29, 1.82) is 0 Å². The zero-order valence-corrected chi connectivity index (χ0v) is 13.0. The fraction of sp³-hybridized carbons (Fsp3) is 0.412. The van der Waals surface area contributed by atoms with Crippen molar-refractivity contribution in [2.75, 3.05) is 19.7 Å². The maximum Gasteiger partial charge on any atom is 0.276 e. The van der Waals surface area contributed by atoms with Crippen molar-refractivity contribution >= 4 is 5.91 Å². The molecule has 1 saturated heterocycles. The van der Waals surface area contributed by atoms with E-state index in [0.717, 1.165) is 19.4 Å². The van der Waals surface area contributed by atoms with E-state index in [1.54, 1.807) is 24.0 Å². The summed E-state index contributed by atoms with van der Waals surface area (Å²) in [5, 5.41) is 0. The highest BCUT2D eigenvalue weighted by atomic mass is 19.1. The van der Waals surface area contributed by atoms with E-state index in [1.807, 2.05) is 0 Å². The number of rotatable bonds is 4. The number of aryl methyl sites for hydroxylation is 1. The molecule has 1 fully saturated rings. The molecule has 0 aliphatic carbocycles. The topological polar surface area (TPSA) is 55.6 Å². The fourth-order valence-corrected chi connectivity index (χ4v) is 2.79. The molecule has 1 aliphatic heterocycles. The molecule has 23 heavy (non-hydrogen) atoms. The number of benzene rings is 1. The summed E-state index contributed by atoms with van der Waals surface area (Å²) in [6.07, 6.45) is 3.23. The number of ether oxygens (including phenoxy) is 1. The molecule has 0 radical (unpaired) electrons. The summed E-state index contributed by atoms with van der Waals surface area (Å²) in [6.45, 7) is 3.59. The maximum atomic E-state index is 12.9. The number of carbonyl (C=O) groups excluding carboxylic acids is 1. The molecular formula is C17H19FN2O3. The van der Waals surface area contributed by atoms with Crippen LogP contribution >= 0.6 is 0 Å². The number of nitrogens with zero attached hydrogens (tertiary/aromatic N) is 2. The number of piperidine rings is 1. The van der Waals surface area contributed by atoms with Gasteiger partial charge >= 0.3 is 0 Å². The minimum absolute atomic E-state index is 0.0947. The van der Waals surface area contributed by atoms with E-state index >= 15 is 0 Å². The monoisotopic (exact) mass is 318 g/mol. The molecule has 1 amide bonds. The molecular weight excluding hydrogens is 299 g/mol. The van der Waals surface area contributed by atoms with Crippen molar-refractivity contribution in [3.63, 3.8) is 0 Å². The molecule has 2 aromatic rings. The van der Waals surface area contributed by atoms with Crippen molar-refractivity contribution in [2.45, 2.75) is 19.8 Å². The zero-order valence-electron chi connectivity index (χ0n) is 13.0. The van der Waals surface area contributed by atoms with Crippen LogP contribution in [0.5, 0.6) is 5.75 Å². The highest BCUT2D eigenvalue weighted by Crippen LogP contribution is 2.21. The molecule has 1 aliphatic rings. The Morgan fingerprint density at radius 1 is 1.43 bits per heavy atom. The Labute approximate surface area is 134 Å². The number of hydrogen-bond acceptors (Lipinski definition) is 4. The first kappa shape index (κ1) is 15.5. The minimum atomic E-state index is -0.283. The molecule has 122 valence electrons. The second-order valence-electron chi connectivity index (χ2n) is 5.78. The second-order valence-corrected chi connectivity index (χ2v) is 5.78. The Balaban J connectivity index is 1.57. The fourth-order valence-electron chi connectivity index (χ4n) is 2.79. The van der Waals surface area contributed by atoms with Gasteiger partial charge in [-0.05, 0) is 44.0 Å². The number of halogens is 1. The Morgan fingerprint density at radius 3 is 2.91 bits per heavy atom. The number of carbonyl (C=O) groups is 1. The van der Waals surface area contributed by atoms with Gasteiger partial charge < -0.3 is 14.1 Å². The van der Waals surface area contributed by atoms with Crippen LogP contribution in [0.25, 0.3) is 0 Å². The highest BCUT2D eigenvalue weighted by Gasteiger charge is 2.27. The lowest BCUT2D eigenvalue weighted by Crippen LogP contribution is -2.41. The Morgan fingerprint density at radius 2 is 2.22 bits per heavy atom. The smallest absolute Gasteiger partial charge is 0.276 e. The summed E-state index contributed by atoms with van der Waals surface area (Å²) in [6, 6.07) is 5.97. The van der Waals surface area contributed by atoms with E-state index in [9.17, 15) is 9.18 Å². The average molecular weight is 318 g/mol. The van der Waals surface area contributed by atoms with E-state index in [0.29, 0.717) is 30.4 Å². The van der Waals surface area contributed by atoms with Gasteiger partial charge in [0.05, 0.1) is 6.61 Å². The Kier molecular flexibility index (Phi) is 4.60. The summed E-state index contributed by atoms with van der Waals surface area (Å²) < 4.78 is 23.7. The quantitative estimate of drug-likeness (QED) is 0.869. The van der Waals surface area contributed by atoms with Gasteiger partial charge in [-0.25, -0.2) is 9.37 Å². The SMILES string of the molecule is Cc1ocnc1C(=O)N1CCC[C@@H](COc2ccc(F)cc2)C1. The first-order chi connectivity index (χ1) is 11.1. The largest absolute Gasteiger partial charge is 0.493 e. The van der Waals surface area contributed by atoms with Crippen molar-refractivity contribution in [3.05, 3.63) is 47.9 Å². The van der Waals surface area contributed by atoms with Crippen molar-refractivity contribution in [3.8, 4) is 5.75 Å². The molecule has 0 spiro atoms. The van der Waals surface area contributed by atoms with Crippen molar-refractivity contribution in [2.24, 2.45) is 5.92 Å². The molecule has 0 bridgehead atoms. The lowest BCUT2D eigenvalue weighted by atomic mass is 9.98. The molecule has 3 rings (SSSR count). The molecule has 1 aromatic carbocycles. The van der Waals surface area contributed by atoms with Gasteiger partial charge in [0, 0.05) is 19.0 Å². The minimum Gasteiger partial charge on any atom is -0.493 e. The molecule has 0 N–H and O–H groups in total. The summed E-state index contributed by atoms with van der Waals surface area (Å²) in [5.41, 5.74) is 0.380. The van der Waals surface area contributed by atoms with Crippen LogP contribution in [0.15, 0.2) is 35.1 Å². The lowest BCUT2D eigenvalue weighted by molar-refractivity contribution is 0.0626. The predicted molar refractivity (Wildman–Crippen MR) is 81.8 cm³/mol. The number of likely N-dealkylation sites (tertiary alicyclic amines) is 1. The molecule has 1 aromatic heterocycles. The zero-order chi connectivity index (χ0) is 16.2. The van der Waals surface area contributed by atoms with Crippen LogP contribution in [0.2, 0.25) is 0 Å². The van der Waals surface area contributed by atoms with E-state index in [4.69, 9.17) is 9.15 Å². The van der Waals surface area contributed by atoms with Gasteiger partial charge in [0.1, 0.15) is 17.3 Å². The third-order valence-corrected chi connectivity index (χ3v) is 4.05. The van der Waals surface area contributed by atoms with Crippen LogP contribution in [-0.4, -0.2) is 35.5 Å². The summed E-state index contributed by atoms with van der Waals surface area (Å²) >= 11 is 0. The van der Waals surface area contributed by atoms with Crippen LogP contribution in [0, 0.1) is 18.7 Å². The van der Waals surface area contributed by atoms with Gasteiger partial charge in [-0.2, -0.15) is 0 Å². The third-order valence-electron chi connectivity index (χ3n) is 4.05. The van der Waals surface area contributed by atoms with Crippen LogP contribution in [0.3, 0.4) is 0 Å². The number of hydrogen-bond donors (Lipinski definition) is 0. The molecule has 1 atom stereocenters. The molecule has 5 nitrogen and oxygen atoms in total. The summed E-state index contributed by atoms with van der Waals surface area (Å²) in [5.74, 6) is 1.06. The van der Waals surface area contributed by atoms with Gasteiger partial charge in [-0.3, -0.25) is 4.79 Å². The van der Waals surface area contributed by atoms with Crippen LogP contribution in [-0.2, 0) is 0 Å². The highest BCUT2D eigenvalue weighted by molar-refractivity contribution is 5.93. The molecule has 2 heterocycles. The van der Waals surface area contributed by atoms with E-state index in [1.165, 1.54) is 18.5 Å². The van der Waals surface area contributed by atoms with E-state index in [2.05, 4.69) is 4.98 Å². The van der Waals surface area contributed by atoms with Gasteiger partial charge in [0.25, 0.3) is 5.91 Å². The van der Waals surface area contributed by atoms with Crippen molar-refractivity contribution in [1.82, 2.24) is 9.88 Å². The van der Waals surface area contributed by atoms with Gasteiger partial charge in [0.2, 0.25) is 0 Å². The average Bonchev–Trinajstić information content (AvgIpc) is 3.00. The lowest BCUT2D eigenvalue weighted by Gasteiger charge is -2.32. The molecule has 6 heteroatoms. The first-order valence-electron chi connectivity index (χ1n) is 7.71. The number of amides is 1. The van der Waals surface area contributed by atoms with Gasteiger partial charge in [0.15, 0.2) is 12.1 Å². The maximum absolute atomic E-state index is 12.9. The van der Waals surface area contributed by atoms with Crippen LogP contribution < -0.4 is 4.74 Å². The summed E-state index contributed by atoms with van der Waals surface area (Å²) in [7, 11) is 0. The number of oxazole rings is 1. The van der Waals surface area contributed by atoms with E-state index in [-0.39, 0.29) is 17.6 Å². The standard InChI is InChI=1S/C17H19FN2O3/c1-12-16(19-11-23-12)17(21)20-8-2-3-13(9-20)10-22-15-6-4-14(18)5-7-15/h4-7,11,13H,2-3,8-10H2,1H3/t13-/m1/s1. The summed E-state index contributed by atoms with van der Waals surface area (Å²) in [4.78, 5) is 18.3. The number of aromatic nitrogens is 1.